The van der Waals surface area contributed by atoms with Gasteiger partial charge < -0.3 is 15.6 Å². The van der Waals surface area contributed by atoms with Crippen LogP contribution in [0.15, 0.2) is 11.3 Å². The highest BCUT2D eigenvalue weighted by Gasteiger charge is 2.13. The maximum absolute atomic E-state index is 5.88. The first-order chi connectivity index (χ1) is 8.75. The highest BCUT2D eigenvalue weighted by molar-refractivity contribution is 5.78. The lowest BCUT2D eigenvalue weighted by atomic mass is 9.96. The number of rotatable bonds is 4. The molecular weight excluding hydrogens is 228 g/mol. The second kappa shape index (κ2) is 6.37. The Kier molecular flexibility index (Phi) is 4.55. The van der Waals surface area contributed by atoms with Gasteiger partial charge in [-0.05, 0) is 12.8 Å². The summed E-state index contributed by atoms with van der Waals surface area (Å²) in [5, 5.41) is 11.1. The molecule has 0 saturated heterocycles. The van der Waals surface area contributed by atoms with Crippen molar-refractivity contribution in [3.8, 4) is 0 Å². The third-order valence-electron chi connectivity index (χ3n) is 3.38. The molecule has 0 amide bonds. The fourth-order valence-corrected chi connectivity index (χ4v) is 2.31. The number of guanidine groups is 1. The van der Waals surface area contributed by atoms with Crippen molar-refractivity contribution in [2.45, 2.75) is 44.6 Å². The smallest absolute Gasteiger partial charge is 0.188 e. The van der Waals surface area contributed by atoms with Gasteiger partial charge in [0.15, 0.2) is 5.96 Å². The minimum Gasteiger partial charge on any atom is -0.370 e. The summed E-state index contributed by atoms with van der Waals surface area (Å²) in [4.78, 5) is 4.34. The van der Waals surface area contributed by atoms with Gasteiger partial charge in [-0.3, -0.25) is 4.99 Å². The predicted molar refractivity (Wildman–Crippen MR) is 71.2 cm³/mol. The summed E-state index contributed by atoms with van der Waals surface area (Å²) in [7, 11) is 1.93. The van der Waals surface area contributed by atoms with Gasteiger partial charge in [0.1, 0.15) is 12.2 Å². The number of aliphatic imine (C=N–C) groups is 1. The molecule has 0 radical (unpaired) electrons. The maximum Gasteiger partial charge on any atom is 0.188 e. The van der Waals surface area contributed by atoms with Crippen LogP contribution < -0.4 is 11.1 Å². The number of hydrogen-bond acceptors (Lipinski definition) is 3. The molecule has 100 valence electrons. The summed E-state index contributed by atoms with van der Waals surface area (Å²) in [5.41, 5.74) is 5.88. The lowest BCUT2D eigenvalue weighted by Crippen LogP contribution is -2.41. The van der Waals surface area contributed by atoms with E-state index in [-0.39, 0.29) is 0 Å². The molecule has 3 N–H and O–H groups in total. The van der Waals surface area contributed by atoms with Crippen LogP contribution in [0.3, 0.4) is 0 Å². The fourth-order valence-electron chi connectivity index (χ4n) is 2.31. The summed E-state index contributed by atoms with van der Waals surface area (Å²) in [6.45, 7) is 0.651. The molecule has 1 heterocycles. The van der Waals surface area contributed by atoms with Crippen LogP contribution >= 0.6 is 0 Å². The summed E-state index contributed by atoms with van der Waals surface area (Å²) >= 11 is 0. The number of aromatic nitrogens is 3. The van der Waals surface area contributed by atoms with E-state index < -0.39 is 0 Å². The number of nitrogens with one attached hydrogen (secondary N) is 1. The molecule has 18 heavy (non-hydrogen) atoms. The van der Waals surface area contributed by atoms with Crippen molar-refractivity contribution >= 4 is 5.96 Å². The van der Waals surface area contributed by atoms with Gasteiger partial charge in [0.2, 0.25) is 0 Å². The molecule has 1 aliphatic rings. The molecular formula is C12H22N6. The average Bonchev–Trinajstić information content (AvgIpc) is 2.76. The van der Waals surface area contributed by atoms with E-state index in [1.807, 2.05) is 11.6 Å². The summed E-state index contributed by atoms with van der Waals surface area (Å²) in [5.74, 6) is 1.49. The maximum atomic E-state index is 5.88. The van der Waals surface area contributed by atoms with Gasteiger partial charge in [-0.25, -0.2) is 0 Å². The Bertz CT molecular complexity index is 391. The predicted octanol–water partition coefficient (Wildman–Crippen LogP) is 0.595. The van der Waals surface area contributed by atoms with E-state index in [1.54, 1.807) is 6.33 Å². The first-order valence-corrected chi connectivity index (χ1v) is 6.65. The zero-order valence-corrected chi connectivity index (χ0v) is 11.0. The Balaban J connectivity index is 1.73. The number of nitrogens with two attached hydrogens (primary N) is 1. The fraction of sp³-hybridized carbons (Fsp3) is 0.750. The molecule has 0 atom stereocenters. The van der Waals surface area contributed by atoms with Crippen LogP contribution in [0.4, 0.5) is 0 Å². The van der Waals surface area contributed by atoms with Crippen LogP contribution in [0.5, 0.6) is 0 Å². The van der Waals surface area contributed by atoms with Crippen molar-refractivity contribution in [1.82, 2.24) is 20.1 Å². The van der Waals surface area contributed by atoms with E-state index in [0.29, 0.717) is 18.5 Å². The van der Waals surface area contributed by atoms with E-state index in [9.17, 15) is 0 Å². The molecule has 1 fully saturated rings. The highest BCUT2D eigenvalue weighted by Crippen LogP contribution is 2.16. The third kappa shape index (κ3) is 3.72. The topological polar surface area (TPSA) is 81.1 Å². The molecule has 0 aromatic carbocycles. The van der Waals surface area contributed by atoms with Crippen LogP contribution in [-0.4, -0.2) is 33.3 Å². The molecule has 1 saturated carbocycles. The molecule has 0 aliphatic heterocycles. The second-order valence-electron chi connectivity index (χ2n) is 4.85. The van der Waals surface area contributed by atoms with Crippen LogP contribution in [-0.2, 0) is 13.5 Å². The van der Waals surface area contributed by atoms with Crippen molar-refractivity contribution in [2.24, 2.45) is 17.8 Å². The molecule has 6 heteroatoms. The Morgan fingerprint density at radius 3 is 2.94 bits per heavy atom. The lowest BCUT2D eigenvalue weighted by molar-refractivity contribution is 0.412. The molecule has 1 aliphatic carbocycles. The van der Waals surface area contributed by atoms with E-state index in [4.69, 9.17) is 5.73 Å². The summed E-state index contributed by atoms with van der Waals surface area (Å²) in [6.07, 6.45) is 8.82. The Morgan fingerprint density at radius 1 is 1.50 bits per heavy atom. The molecule has 1 aromatic heterocycles. The van der Waals surface area contributed by atoms with Gasteiger partial charge >= 0.3 is 0 Å². The van der Waals surface area contributed by atoms with E-state index in [2.05, 4.69) is 20.5 Å². The van der Waals surface area contributed by atoms with Gasteiger partial charge in [0.05, 0.1) is 0 Å². The molecule has 0 bridgehead atoms. The standard InChI is InChI=1S/C12H22N6/c1-18-9-15-17-11(18)7-8-14-12(13)16-10-5-3-2-4-6-10/h9-10H,2-8H2,1H3,(H3,13,14,16). The average molecular weight is 250 g/mol. The highest BCUT2D eigenvalue weighted by atomic mass is 15.2. The minimum atomic E-state index is 0.511. The van der Waals surface area contributed by atoms with Crippen molar-refractivity contribution in [2.75, 3.05) is 6.54 Å². The van der Waals surface area contributed by atoms with E-state index in [0.717, 1.165) is 12.2 Å². The van der Waals surface area contributed by atoms with Crippen LogP contribution in [0.25, 0.3) is 0 Å². The lowest BCUT2D eigenvalue weighted by Gasteiger charge is -2.23. The zero-order chi connectivity index (χ0) is 12.8. The normalized spacial score (nSPS) is 17.9. The van der Waals surface area contributed by atoms with Crippen LogP contribution in [0.1, 0.15) is 37.9 Å². The molecule has 0 unspecified atom stereocenters. The second-order valence-corrected chi connectivity index (χ2v) is 4.85. The monoisotopic (exact) mass is 250 g/mol. The largest absolute Gasteiger partial charge is 0.370 e. The molecule has 6 nitrogen and oxygen atoms in total. The first-order valence-electron chi connectivity index (χ1n) is 6.65. The van der Waals surface area contributed by atoms with Crippen LogP contribution in [0, 0.1) is 0 Å². The molecule has 2 rings (SSSR count). The van der Waals surface area contributed by atoms with Crippen LogP contribution in [0.2, 0.25) is 0 Å². The van der Waals surface area contributed by atoms with E-state index in [1.165, 1.54) is 32.1 Å². The van der Waals surface area contributed by atoms with E-state index >= 15 is 0 Å². The first kappa shape index (κ1) is 12.9. The van der Waals surface area contributed by atoms with Crippen molar-refractivity contribution in [3.63, 3.8) is 0 Å². The van der Waals surface area contributed by atoms with Gasteiger partial charge in [0.25, 0.3) is 0 Å². The Labute approximate surface area is 108 Å². The van der Waals surface area contributed by atoms with Gasteiger partial charge in [-0.15, -0.1) is 10.2 Å². The SMILES string of the molecule is Cn1cnnc1CCN=C(N)NC1CCCCC1. The quantitative estimate of drug-likeness (QED) is 0.605. The van der Waals surface area contributed by atoms with Gasteiger partial charge in [-0.1, -0.05) is 19.3 Å². The van der Waals surface area contributed by atoms with Crippen molar-refractivity contribution < 1.29 is 0 Å². The number of aryl methyl sites for hydroxylation is 1. The van der Waals surface area contributed by atoms with Crippen molar-refractivity contribution in [1.29, 1.82) is 0 Å². The zero-order valence-electron chi connectivity index (χ0n) is 11.0. The van der Waals surface area contributed by atoms with Crippen molar-refractivity contribution in [3.05, 3.63) is 12.2 Å². The van der Waals surface area contributed by atoms with Gasteiger partial charge in [-0.2, -0.15) is 0 Å². The Hall–Kier alpha value is -1.59. The Morgan fingerprint density at radius 2 is 2.28 bits per heavy atom. The molecule has 0 spiro atoms. The third-order valence-corrected chi connectivity index (χ3v) is 3.38. The summed E-state index contributed by atoms with van der Waals surface area (Å²) in [6, 6.07) is 0.511. The summed E-state index contributed by atoms with van der Waals surface area (Å²) < 4.78 is 1.90. The number of hydrogen-bond donors (Lipinski definition) is 2. The van der Waals surface area contributed by atoms with Gasteiger partial charge in [0, 0.05) is 26.1 Å². The minimum absolute atomic E-state index is 0.511. The molecule has 1 aromatic rings. The number of nitrogens with zero attached hydrogens (tertiary/aromatic N) is 4.